The molecule has 4 N–H and O–H groups in total. The highest BCUT2D eigenvalue weighted by Crippen LogP contribution is 2.06. The third kappa shape index (κ3) is 1.42. The van der Waals surface area contributed by atoms with Crippen molar-refractivity contribution < 1.29 is 9.90 Å². The van der Waals surface area contributed by atoms with Crippen LogP contribution in [0.1, 0.15) is 16.2 Å². The highest BCUT2D eigenvalue weighted by molar-refractivity contribution is 7.71. The molecule has 12 heavy (non-hydrogen) atoms. The minimum atomic E-state index is -1.16. The minimum absolute atomic E-state index is 0.0156. The summed E-state index contributed by atoms with van der Waals surface area (Å²) in [4.78, 5) is 16.7. The summed E-state index contributed by atoms with van der Waals surface area (Å²) in [6.45, 7) is 1.62. The molecule has 1 heterocycles. The van der Waals surface area contributed by atoms with Crippen LogP contribution >= 0.6 is 12.2 Å². The first-order valence-electron chi connectivity index (χ1n) is 3.12. The zero-order chi connectivity index (χ0) is 9.30. The molecule has 0 spiro atoms. The van der Waals surface area contributed by atoms with Gasteiger partial charge in [0.05, 0.1) is 5.69 Å². The van der Waals surface area contributed by atoms with Crippen molar-refractivity contribution in [1.82, 2.24) is 9.97 Å². The van der Waals surface area contributed by atoms with Gasteiger partial charge in [0.2, 0.25) is 0 Å². The zero-order valence-corrected chi connectivity index (χ0v) is 7.10. The van der Waals surface area contributed by atoms with E-state index in [2.05, 4.69) is 9.97 Å². The average Bonchev–Trinajstić information content (AvgIpc) is 1.96. The maximum Gasteiger partial charge on any atom is 0.358 e. The molecule has 0 atom stereocenters. The predicted molar refractivity (Wildman–Crippen MR) is 45.5 cm³/mol. The number of rotatable bonds is 1. The van der Waals surface area contributed by atoms with E-state index in [4.69, 9.17) is 23.1 Å². The van der Waals surface area contributed by atoms with E-state index in [1.165, 1.54) is 0 Å². The predicted octanol–water partition coefficient (Wildman–Crippen LogP) is 0.728. The number of nitrogens with two attached hydrogens (primary N) is 1. The first kappa shape index (κ1) is 8.66. The maximum atomic E-state index is 10.5. The second kappa shape index (κ2) is 2.90. The highest BCUT2D eigenvalue weighted by Gasteiger charge is 2.10. The molecule has 64 valence electrons. The van der Waals surface area contributed by atoms with Crippen molar-refractivity contribution in [2.24, 2.45) is 0 Å². The number of aromatic amines is 1. The molecule has 0 radical (unpaired) electrons. The van der Waals surface area contributed by atoms with Crippen LogP contribution in [0, 0.1) is 11.6 Å². The summed E-state index contributed by atoms with van der Waals surface area (Å²) in [6.07, 6.45) is 0. The van der Waals surface area contributed by atoms with Gasteiger partial charge in [-0.15, -0.1) is 0 Å². The lowest BCUT2D eigenvalue weighted by atomic mass is 10.4. The van der Waals surface area contributed by atoms with Crippen LogP contribution in [0.4, 0.5) is 5.82 Å². The summed E-state index contributed by atoms with van der Waals surface area (Å²) in [5.41, 5.74) is 5.59. The number of aromatic carboxylic acids is 1. The Morgan fingerprint density at radius 1 is 1.75 bits per heavy atom. The first-order valence-corrected chi connectivity index (χ1v) is 3.53. The van der Waals surface area contributed by atoms with Gasteiger partial charge in [0, 0.05) is 0 Å². The number of anilines is 1. The van der Waals surface area contributed by atoms with Crippen LogP contribution in [0.15, 0.2) is 0 Å². The normalized spacial score (nSPS) is 9.75. The lowest BCUT2D eigenvalue weighted by Crippen LogP contribution is -2.09. The molecule has 0 fully saturated rings. The Morgan fingerprint density at radius 3 is 2.83 bits per heavy atom. The maximum absolute atomic E-state index is 10.5. The Kier molecular flexibility index (Phi) is 2.09. The molecule has 1 aromatic heterocycles. The molecule has 0 saturated carbocycles. The van der Waals surface area contributed by atoms with Gasteiger partial charge in [-0.25, -0.2) is 9.78 Å². The van der Waals surface area contributed by atoms with E-state index in [1.807, 2.05) is 0 Å². The van der Waals surface area contributed by atoms with Crippen molar-refractivity contribution in [3.63, 3.8) is 0 Å². The molecule has 0 aliphatic heterocycles. The first-order chi connectivity index (χ1) is 5.52. The van der Waals surface area contributed by atoms with Gasteiger partial charge >= 0.3 is 5.97 Å². The molecule has 1 aromatic rings. The molecule has 6 heteroatoms. The lowest BCUT2D eigenvalue weighted by molar-refractivity contribution is 0.0691. The third-order valence-corrected chi connectivity index (χ3v) is 1.71. The van der Waals surface area contributed by atoms with Crippen LogP contribution in [0.25, 0.3) is 0 Å². The van der Waals surface area contributed by atoms with Crippen LogP contribution in [0.3, 0.4) is 0 Å². The Morgan fingerprint density at radius 2 is 2.33 bits per heavy atom. The number of aryl methyl sites for hydroxylation is 1. The number of H-pyrrole nitrogens is 1. The lowest BCUT2D eigenvalue weighted by Gasteiger charge is -2.00. The van der Waals surface area contributed by atoms with Gasteiger partial charge in [-0.3, -0.25) is 0 Å². The summed E-state index contributed by atoms with van der Waals surface area (Å²) in [5, 5.41) is 8.58. The minimum Gasteiger partial charge on any atom is -0.476 e. The number of nitrogens with zero attached hydrogens (tertiary/aromatic N) is 1. The number of carbonyl (C=O) groups is 1. The van der Waals surface area contributed by atoms with Gasteiger partial charge in [-0.05, 0) is 6.92 Å². The standard InChI is InChI=1S/C6H7N3O2S/c1-2-5(12)9-4(7)3(8-2)6(10)11/h1H3,(H,10,11)(H3,7,9,12). The van der Waals surface area contributed by atoms with Crippen molar-refractivity contribution in [2.45, 2.75) is 6.92 Å². The Hall–Kier alpha value is -1.43. The number of hydrogen-bond donors (Lipinski definition) is 3. The van der Waals surface area contributed by atoms with E-state index in [0.717, 1.165) is 0 Å². The molecule has 0 aliphatic carbocycles. The molecular formula is C6H7N3O2S. The monoisotopic (exact) mass is 185 g/mol. The van der Waals surface area contributed by atoms with Crippen molar-refractivity contribution in [3.8, 4) is 0 Å². The fraction of sp³-hybridized carbons (Fsp3) is 0.167. The van der Waals surface area contributed by atoms with Gasteiger partial charge in [-0.1, -0.05) is 12.2 Å². The summed E-state index contributed by atoms with van der Waals surface area (Å²) >= 11 is 4.80. The van der Waals surface area contributed by atoms with Crippen molar-refractivity contribution in [1.29, 1.82) is 0 Å². The second-order valence-corrected chi connectivity index (χ2v) is 2.63. The zero-order valence-electron chi connectivity index (χ0n) is 6.29. The largest absolute Gasteiger partial charge is 0.476 e. The molecule has 0 bridgehead atoms. The van der Waals surface area contributed by atoms with Crippen LogP contribution < -0.4 is 5.73 Å². The van der Waals surface area contributed by atoms with E-state index in [1.54, 1.807) is 6.92 Å². The molecule has 0 aromatic carbocycles. The quantitative estimate of drug-likeness (QED) is 0.561. The Balaban J connectivity index is 3.43. The van der Waals surface area contributed by atoms with E-state index in [-0.39, 0.29) is 11.5 Å². The number of carboxylic acids is 1. The number of carboxylic acid groups (broad SMARTS) is 1. The molecule has 0 aliphatic rings. The topological polar surface area (TPSA) is 92.0 Å². The number of hydrogen-bond acceptors (Lipinski definition) is 4. The third-order valence-electron chi connectivity index (χ3n) is 1.31. The summed E-state index contributed by atoms with van der Waals surface area (Å²) in [7, 11) is 0. The van der Waals surface area contributed by atoms with E-state index in [9.17, 15) is 4.79 Å². The fourth-order valence-corrected chi connectivity index (χ4v) is 0.869. The molecular weight excluding hydrogens is 178 g/mol. The summed E-state index contributed by atoms with van der Waals surface area (Å²) in [6, 6.07) is 0. The van der Waals surface area contributed by atoms with Gasteiger partial charge in [0.15, 0.2) is 5.69 Å². The van der Waals surface area contributed by atoms with Crippen molar-refractivity contribution in [3.05, 3.63) is 16.0 Å². The van der Waals surface area contributed by atoms with Gasteiger partial charge in [-0.2, -0.15) is 0 Å². The molecule has 0 amide bonds. The SMILES string of the molecule is Cc1nc(C(=O)O)c(N)[nH]c1=S. The molecule has 5 nitrogen and oxygen atoms in total. The van der Waals surface area contributed by atoms with Crippen molar-refractivity contribution in [2.75, 3.05) is 5.73 Å². The van der Waals surface area contributed by atoms with E-state index in [0.29, 0.717) is 10.3 Å². The van der Waals surface area contributed by atoms with E-state index < -0.39 is 5.97 Å². The van der Waals surface area contributed by atoms with E-state index >= 15 is 0 Å². The second-order valence-electron chi connectivity index (χ2n) is 2.22. The average molecular weight is 185 g/mol. The van der Waals surface area contributed by atoms with Gasteiger partial charge < -0.3 is 15.8 Å². The Labute approximate surface area is 73.3 Å². The Bertz CT molecular complexity index is 385. The summed E-state index contributed by atoms with van der Waals surface area (Å²) < 4.78 is 0.359. The highest BCUT2D eigenvalue weighted by atomic mass is 32.1. The molecule has 0 unspecified atom stereocenters. The van der Waals surface area contributed by atoms with Gasteiger partial charge in [0.1, 0.15) is 10.5 Å². The number of nitrogen functional groups attached to an aromatic ring is 1. The summed E-state index contributed by atoms with van der Waals surface area (Å²) in [5.74, 6) is -1.18. The smallest absolute Gasteiger partial charge is 0.358 e. The van der Waals surface area contributed by atoms with Crippen LogP contribution in [0.5, 0.6) is 0 Å². The molecule has 0 saturated heterocycles. The van der Waals surface area contributed by atoms with Crippen LogP contribution in [-0.2, 0) is 0 Å². The van der Waals surface area contributed by atoms with Crippen molar-refractivity contribution >= 4 is 24.0 Å². The van der Waals surface area contributed by atoms with Gasteiger partial charge in [0.25, 0.3) is 0 Å². The number of nitrogens with one attached hydrogen (secondary N) is 1. The van der Waals surface area contributed by atoms with Crippen LogP contribution in [0.2, 0.25) is 0 Å². The van der Waals surface area contributed by atoms with Crippen LogP contribution in [-0.4, -0.2) is 21.0 Å². The number of aromatic nitrogens is 2. The molecule has 1 rings (SSSR count). The fourth-order valence-electron chi connectivity index (χ4n) is 0.714.